The number of nitrogens with one attached hydrogen (secondary N) is 1. The van der Waals surface area contributed by atoms with Crippen molar-refractivity contribution in [2.75, 3.05) is 13.7 Å². The fraction of sp³-hybridized carbons (Fsp3) is 0.571. The van der Waals surface area contributed by atoms with Crippen LogP contribution in [0.25, 0.3) is 0 Å². The molecule has 0 saturated carbocycles. The lowest BCUT2D eigenvalue weighted by atomic mass is 10.2. The summed E-state index contributed by atoms with van der Waals surface area (Å²) in [5.74, 6) is -0.248. The van der Waals surface area contributed by atoms with Gasteiger partial charge in [0.1, 0.15) is 0 Å². The molecular weight excluding hydrogens is 260 g/mol. The molecule has 1 atom stereocenters. The van der Waals surface area contributed by atoms with Crippen molar-refractivity contribution in [1.82, 2.24) is 10.3 Å². The third-order valence-electron chi connectivity index (χ3n) is 2.93. The van der Waals surface area contributed by atoms with Gasteiger partial charge in [-0.2, -0.15) is 0 Å². The molecule has 0 aliphatic heterocycles. The van der Waals surface area contributed by atoms with Crippen LogP contribution in [0.2, 0.25) is 0 Å². The van der Waals surface area contributed by atoms with Gasteiger partial charge in [0.25, 0.3) is 0 Å². The van der Waals surface area contributed by atoms with Crippen molar-refractivity contribution in [3.05, 3.63) is 27.2 Å². The van der Waals surface area contributed by atoms with Crippen LogP contribution in [-0.4, -0.2) is 24.6 Å². The molecular formula is C14H22N2O2S. The van der Waals surface area contributed by atoms with Crippen LogP contribution in [0.15, 0.2) is 11.6 Å². The molecule has 1 aromatic heterocycles. The average Bonchev–Trinajstić information content (AvgIpc) is 2.72. The molecule has 4 nitrogen and oxygen atoms in total. The van der Waals surface area contributed by atoms with E-state index in [9.17, 15) is 4.79 Å². The highest BCUT2D eigenvalue weighted by atomic mass is 32.1. The predicted molar refractivity (Wildman–Crippen MR) is 78.4 cm³/mol. The lowest BCUT2D eigenvalue weighted by Gasteiger charge is -2.11. The number of thiazole rings is 1. The molecule has 0 spiro atoms. The molecule has 0 aliphatic rings. The van der Waals surface area contributed by atoms with Gasteiger partial charge in [0, 0.05) is 23.0 Å². The van der Waals surface area contributed by atoms with Crippen molar-refractivity contribution in [2.45, 2.75) is 40.2 Å². The third-order valence-corrected chi connectivity index (χ3v) is 4.19. The summed E-state index contributed by atoms with van der Waals surface area (Å²) in [6.45, 7) is 8.75. The van der Waals surface area contributed by atoms with Crippen molar-refractivity contribution < 1.29 is 9.53 Å². The molecule has 0 radical (unpaired) electrons. The van der Waals surface area contributed by atoms with Crippen molar-refractivity contribution in [1.29, 1.82) is 0 Å². The summed E-state index contributed by atoms with van der Waals surface area (Å²) in [6.07, 6.45) is 2.58. The fourth-order valence-electron chi connectivity index (χ4n) is 1.90. The van der Waals surface area contributed by atoms with Gasteiger partial charge < -0.3 is 10.1 Å². The van der Waals surface area contributed by atoms with E-state index in [-0.39, 0.29) is 12.0 Å². The first-order valence-electron chi connectivity index (χ1n) is 6.44. The van der Waals surface area contributed by atoms with Crippen LogP contribution >= 0.6 is 11.3 Å². The smallest absolute Gasteiger partial charge is 0.333 e. The lowest BCUT2D eigenvalue weighted by Crippen LogP contribution is -2.19. The van der Waals surface area contributed by atoms with Crippen molar-refractivity contribution in [2.24, 2.45) is 0 Å². The predicted octanol–water partition coefficient (Wildman–Crippen LogP) is 2.92. The van der Waals surface area contributed by atoms with E-state index in [0.29, 0.717) is 18.5 Å². The number of carbonyl (C=O) groups is 1. The number of esters is 1. The zero-order valence-electron chi connectivity index (χ0n) is 12.2. The Hall–Kier alpha value is -1.20. The van der Waals surface area contributed by atoms with Crippen molar-refractivity contribution in [3.63, 3.8) is 0 Å². The van der Waals surface area contributed by atoms with E-state index in [1.54, 1.807) is 11.3 Å². The van der Waals surface area contributed by atoms with Gasteiger partial charge in [0.05, 0.1) is 17.8 Å². The molecule has 106 valence electrons. The van der Waals surface area contributed by atoms with Crippen LogP contribution in [-0.2, 0) is 9.53 Å². The maximum Gasteiger partial charge on any atom is 0.333 e. The first-order chi connectivity index (χ1) is 8.99. The number of hydrogen-bond donors (Lipinski definition) is 1. The Morgan fingerprint density at radius 2 is 2.21 bits per heavy atom. The van der Waals surface area contributed by atoms with E-state index in [4.69, 9.17) is 4.74 Å². The summed E-state index contributed by atoms with van der Waals surface area (Å²) in [5, 5.41) is 4.47. The number of methoxy groups -OCH3 is 1. The Kier molecular flexibility index (Phi) is 6.18. The van der Waals surface area contributed by atoms with Crippen LogP contribution in [0, 0.1) is 13.8 Å². The van der Waals surface area contributed by atoms with E-state index >= 15 is 0 Å². The van der Waals surface area contributed by atoms with E-state index in [1.165, 1.54) is 12.0 Å². The first-order valence-corrected chi connectivity index (χ1v) is 7.25. The Labute approximate surface area is 118 Å². The van der Waals surface area contributed by atoms with Crippen molar-refractivity contribution in [3.8, 4) is 0 Å². The first kappa shape index (κ1) is 15.9. The number of rotatable bonds is 6. The number of aryl methyl sites for hydroxylation is 2. The van der Waals surface area contributed by atoms with E-state index < -0.39 is 0 Å². The molecule has 19 heavy (non-hydrogen) atoms. The molecule has 0 aliphatic carbocycles. The van der Waals surface area contributed by atoms with Gasteiger partial charge in [0.2, 0.25) is 0 Å². The zero-order valence-corrected chi connectivity index (χ0v) is 13.1. The monoisotopic (exact) mass is 282 g/mol. The number of aromatic nitrogens is 1. The Morgan fingerprint density at radius 3 is 2.68 bits per heavy atom. The minimum absolute atomic E-state index is 0.234. The standard InChI is InChI=1S/C14H22N2O2S/c1-6-12(14(17)18-5)7-8-15-9(2)13-10(3)16-11(4)19-13/h7,9,15H,6,8H2,1-5H3. The SMILES string of the molecule is CCC(=CCNC(C)c1sc(C)nc1C)C(=O)OC. The number of ether oxygens (including phenoxy) is 1. The van der Waals surface area contributed by atoms with Crippen LogP contribution in [0.3, 0.4) is 0 Å². The molecule has 0 aromatic carbocycles. The Bertz CT molecular complexity index is 466. The minimum Gasteiger partial charge on any atom is -0.466 e. The number of hydrogen-bond acceptors (Lipinski definition) is 5. The number of nitrogens with zero attached hydrogens (tertiary/aromatic N) is 1. The summed E-state index contributed by atoms with van der Waals surface area (Å²) in [4.78, 5) is 17.1. The third kappa shape index (κ3) is 4.44. The maximum absolute atomic E-state index is 11.4. The van der Waals surface area contributed by atoms with Crippen LogP contribution in [0.1, 0.15) is 41.9 Å². The van der Waals surface area contributed by atoms with E-state index in [0.717, 1.165) is 10.7 Å². The van der Waals surface area contributed by atoms with Gasteiger partial charge in [-0.1, -0.05) is 13.0 Å². The van der Waals surface area contributed by atoms with Gasteiger partial charge >= 0.3 is 5.97 Å². The summed E-state index contributed by atoms with van der Waals surface area (Å²) in [7, 11) is 1.41. The zero-order chi connectivity index (χ0) is 14.4. The highest BCUT2D eigenvalue weighted by molar-refractivity contribution is 7.11. The van der Waals surface area contributed by atoms with Gasteiger partial charge in [-0.15, -0.1) is 11.3 Å². The normalized spacial score (nSPS) is 13.4. The highest BCUT2D eigenvalue weighted by Gasteiger charge is 2.12. The van der Waals surface area contributed by atoms with Gasteiger partial charge in [-0.3, -0.25) is 0 Å². The van der Waals surface area contributed by atoms with Gasteiger partial charge in [-0.05, 0) is 27.2 Å². The second-order valence-corrected chi connectivity index (χ2v) is 5.62. The van der Waals surface area contributed by atoms with Gasteiger partial charge in [-0.25, -0.2) is 9.78 Å². The van der Waals surface area contributed by atoms with Gasteiger partial charge in [0.15, 0.2) is 0 Å². The number of carbonyl (C=O) groups excluding carboxylic acids is 1. The van der Waals surface area contributed by atoms with Crippen LogP contribution in [0.4, 0.5) is 0 Å². The summed E-state index contributed by atoms with van der Waals surface area (Å²) in [6, 6.07) is 0.234. The molecule has 1 N–H and O–H groups in total. The second-order valence-electron chi connectivity index (χ2n) is 4.39. The second kappa shape index (κ2) is 7.40. The largest absolute Gasteiger partial charge is 0.466 e. The summed E-state index contributed by atoms with van der Waals surface area (Å²) < 4.78 is 4.72. The fourth-order valence-corrected chi connectivity index (χ4v) is 2.86. The molecule has 1 rings (SSSR count). The minimum atomic E-state index is -0.248. The molecule has 1 unspecified atom stereocenters. The quantitative estimate of drug-likeness (QED) is 0.644. The molecule has 5 heteroatoms. The van der Waals surface area contributed by atoms with Crippen molar-refractivity contribution >= 4 is 17.3 Å². The molecule has 0 fully saturated rings. The summed E-state index contributed by atoms with van der Waals surface area (Å²) >= 11 is 1.71. The van der Waals surface area contributed by atoms with Crippen LogP contribution in [0.5, 0.6) is 0 Å². The van der Waals surface area contributed by atoms with E-state index in [2.05, 4.69) is 17.2 Å². The molecule has 0 amide bonds. The summed E-state index contributed by atoms with van der Waals surface area (Å²) in [5.41, 5.74) is 1.79. The molecule has 1 heterocycles. The Morgan fingerprint density at radius 1 is 1.53 bits per heavy atom. The molecule has 0 saturated heterocycles. The highest BCUT2D eigenvalue weighted by Crippen LogP contribution is 2.24. The lowest BCUT2D eigenvalue weighted by molar-refractivity contribution is -0.136. The van der Waals surface area contributed by atoms with E-state index in [1.807, 2.05) is 26.8 Å². The average molecular weight is 282 g/mol. The topological polar surface area (TPSA) is 51.2 Å². The molecule has 0 bridgehead atoms. The Balaban J connectivity index is 2.59. The maximum atomic E-state index is 11.4. The van der Waals surface area contributed by atoms with Crippen LogP contribution < -0.4 is 5.32 Å². The molecule has 1 aromatic rings.